The molecule has 0 saturated carbocycles. The van der Waals surface area contributed by atoms with Gasteiger partial charge >= 0.3 is 107 Å². The summed E-state index contributed by atoms with van der Waals surface area (Å²) in [5.74, 6) is 1.64. The molecule has 16 heavy (non-hydrogen) atoms. The zero-order valence-corrected chi connectivity index (χ0v) is 11.9. The van der Waals surface area contributed by atoms with Crippen LogP contribution in [0.3, 0.4) is 0 Å². The van der Waals surface area contributed by atoms with E-state index in [0.29, 0.717) is 0 Å². The van der Waals surface area contributed by atoms with Crippen molar-refractivity contribution in [3.63, 3.8) is 0 Å². The first-order valence-corrected chi connectivity index (χ1v) is 6.41. The van der Waals surface area contributed by atoms with E-state index >= 15 is 0 Å². The molecule has 1 aromatic rings. The SMILES string of the molecule is C=C1C=C[C](=[W])C(Oc2[c-]ccc(C)c2)=C1. The van der Waals surface area contributed by atoms with Gasteiger partial charge in [0.05, 0.1) is 0 Å². The average molecular weight is 379 g/mol. The van der Waals surface area contributed by atoms with Crippen molar-refractivity contribution in [2.45, 2.75) is 6.92 Å². The molecule has 0 N–H and O–H groups in total. The van der Waals surface area contributed by atoms with Gasteiger partial charge in [-0.1, -0.05) is 0 Å². The van der Waals surface area contributed by atoms with E-state index in [1.54, 1.807) is 0 Å². The monoisotopic (exact) mass is 379 g/mol. The first kappa shape index (κ1) is 11.3. The van der Waals surface area contributed by atoms with Gasteiger partial charge in [-0.3, -0.25) is 0 Å². The van der Waals surface area contributed by atoms with E-state index in [-0.39, 0.29) is 0 Å². The van der Waals surface area contributed by atoms with Crippen LogP contribution >= 0.6 is 0 Å². The number of hydrogen-bond acceptors (Lipinski definition) is 1. The molecule has 1 nitrogen and oxygen atoms in total. The number of rotatable bonds is 2. The minimum atomic E-state index is 0.758. The fraction of sp³-hybridized carbons (Fsp3) is 0.0714. The van der Waals surface area contributed by atoms with Crippen molar-refractivity contribution >= 4 is 3.90 Å². The Hall–Kier alpha value is -1.20. The molecule has 2 heteroatoms. The van der Waals surface area contributed by atoms with Crippen LogP contribution in [0.2, 0.25) is 0 Å². The number of allylic oxidation sites excluding steroid dienone is 4. The Morgan fingerprint density at radius 1 is 1.38 bits per heavy atom. The number of aryl methyl sites for hydroxylation is 1. The standard InChI is InChI=1S/C14H11O.W/c1-11-5-3-7-13(9-11)15-14-8-4-6-12(2)10-14;/h3-6,9-10H,1H2,2H3;/q-1;. The molecule has 0 spiro atoms. The molecule has 0 unspecified atom stereocenters. The van der Waals surface area contributed by atoms with Crippen LogP contribution in [0, 0.1) is 13.0 Å². The van der Waals surface area contributed by atoms with Gasteiger partial charge < -0.3 is 0 Å². The molecule has 0 aromatic heterocycles. The third kappa shape index (κ3) is 2.68. The average Bonchev–Trinajstić information content (AvgIpc) is 2.24. The fourth-order valence-corrected chi connectivity index (χ4v) is 1.97. The summed E-state index contributed by atoms with van der Waals surface area (Å²) in [4.78, 5) is 0. The molecular weight excluding hydrogens is 368 g/mol. The van der Waals surface area contributed by atoms with Crippen LogP contribution in [-0.2, 0) is 19.4 Å². The van der Waals surface area contributed by atoms with Gasteiger partial charge in [0, 0.05) is 0 Å². The molecule has 1 aliphatic rings. The van der Waals surface area contributed by atoms with E-state index in [2.05, 4.69) is 12.6 Å². The van der Waals surface area contributed by atoms with Crippen molar-refractivity contribution < 1.29 is 24.1 Å². The first-order chi connectivity index (χ1) is 7.65. The second-order valence-electron chi connectivity index (χ2n) is 3.61. The van der Waals surface area contributed by atoms with Gasteiger partial charge in [-0.2, -0.15) is 0 Å². The van der Waals surface area contributed by atoms with E-state index in [1.807, 2.05) is 43.4 Å². The van der Waals surface area contributed by atoms with E-state index < -0.39 is 0 Å². The van der Waals surface area contributed by atoms with Gasteiger partial charge in [-0.15, -0.1) is 0 Å². The predicted octanol–water partition coefficient (Wildman–Crippen LogP) is 2.90. The predicted molar refractivity (Wildman–Crippen MR) is 62.0 cm³/mol. The van der Waals surface area contributed by atoms with Crippen molar-refractivity contribution in [2.24, 2.45) is 0 Å². The molecule has 1 aliphatic carbocycles. The normalized spacial score (nSPS) is 14.9. The van der Waals surface area contributed by atoms with Crippen LogP contribution in [0.4, 0.5) is 0 Å². The number of hydrogen-bond donors (Lipinski definition) is 0. The minimum absolute atomic E-state index is 0.758. The van der Waals surface area contributed by atoms with Crippen molar-refractivity contribution in [3.05, 3.63) is 66.0 Å². The van der Waals surface area contributed by atoms with Gasteiger partial charge in [0.15, 0.2) is 0 Å². The summed E-state index contributed by atoms with van der Waals surface area (Å²) in [6.07, 6.45) is 6.00. The summed E-state index contributed by atoms with van der Waals surface area (Å²) in [5, 5.41) is 0. The molecule has 0 aliphatic heterocycles. The quantitative estimate of drug-likeness (QED) is 0.719. The maximum atomic E-state index is 5.80. The summed E-state index contributed by atoms with van der Waals surface area (Å²) in [6.45, 7) is 5.94. The molecule has 0 radical (unpaired) electrons. The molecule has 0 saturated heterocycles. The zero-order valence-electron chi connectivity index (χ0n) is 8.99. The van der Waals surface area contributed by atoms with Crippen LogP contribution in [0.5, 0.6) is 5.75 Å². The van der Waals surface area contributed by atoms with Crippen LogP contribution in [0.15, 0.2) is 54.3 Å². The third-order valence-corrected chi connectivity index (χ3v) is 3.37. The van der Waals surface area contributed by atoms with Crippen LogP contribution in [0.25, 0.3) is 0 Å². The molecule has 0 heterocycles. The second-order valence-corrected chi connectivity index (χ2v) is 5.19. The zero-order chi connectivity index (χ0) is 11.5. The summed E-state index contributed by atoms with van der Waals surface area (Å²) in [6, 6.07) is 8.93. The molecule has 80 valence electrons. The van der Waals surface area contributed by atoms with E-state index in [1.165, 1.54) is 28.8 Å². The second kappa shape index (κ2) is 4.76. The Morgan fingerprint density at radius 2 is 2.19 bits per heavy atom. The Balaban J connectivity index is 2.22. The Morgan fingerprint density at radius 3 is 2.94 bits per heavy atom. The van der Waals surface area contributed by atoms with Gasteiger partial charge in [-0.25, -0.2) is 0 Å². The van der Waals surface area contributed by atoms with Crippen molar-refractivity contribution in [2.75, 3.05) is 0 Å². The molecule has 0 bridgehead atoms. The van der Waals surface area contributed by atoms with Crippen molar-refractivity contribution in [3.8, 4) is 5.75 Å². The van der Waals surface area contributed by atoms with Crippen LogP contribution < -0.4 is 4.74 Å². The van der Waals surface area contributed by atoms with E-state index in [0.717, 1.165) is 17.1 Å². The maximum absolute atomic E-state index is 5.80. The first-order valence-electron chi connectivity index (χ1n) is 4.94. The molecule has 0 atom stereocenters. The summed E-state index contributed by atoms with van der Waals surface area (Å²) >= 11 is 1.39. The Kier molecular flexibility index (Phi) is 3.36. The fourth-order valence-electron chi connectivity index (χ4n) is 1.36. The van der Waals surface area contributed by atoms with Crippen LogP contribution in [0.1, 0.15) is 5.56 Å². The van der Waals surface area contributed by atoms with Crippen molar-refractivity contribution in [1.29, 1.82) is 0 Å². The van der Waals surface area contributed by atoms with Crippen molar-refractivity contribution in [1.82, 2.24) is 0 Å². The van der Waals surface area contributed by atoms with E-state index in [4.69, 9.17) is 4.74 Å². The Labute approximate surface area is 107 Å². The number of ether oxygens (including phenoxy) is 1. The van der Waals surface area contributed by atoms with Gasteiger partial charge in [0.2, 0.25) is 0 Å². The molecule has 0 fully saturated rings. The summed E-state index contributed by atoms with van der Waals surface area (Å²) in [5.41, 5.74) is 2.14. The van der Waals surface area contributed by atoms with Gasteiger partial charge in [0.25, 0.3) is 0 Å². The molecule has 1 aromatic carbocycles. The van der Waals surface area contributed by atoms with Crippen LogP contribution in [-0.4, -0.2) is 3.90 Å². The van der Waals surface area contributed by atoms with Gasteiger partial charge in [0.1, 0.15) is 0 Å². The van der Waals surface area contributed by atoms with E-state index in [9.17, 15) is 0 Å². The molecule has 2 rings (SSSR count). The Bertz CT molecular complexity index is 509. The summed E-state index contributed by atoms with van der Waals surface area (Å²) in [7, 11) is 0. The van der Waals surface area contributed by atoms with Gasteiger partial charge in [-0.05, 0) is 0 Å². The topological polar surface area (TPSA) is 9.23 Å². The summed E-state index contributed by atoms with van der Waals surface area (Å²) < 4.78 is 6.98. The molecule has 0 amide bonds. The molecular formula is C14H11OW-. The third-order valence-electron chi connectivity index (χ3n) is 2.16. The number of benzene rings is 1.